The lowest BCUT2D eigenvalue weighted by Gasteiger charge is -2.17. The number of benzene rings is 1. The van der Waals surface area contributed by atoms with E-state index in [4.69, 9.17) is 5.41 Å². The minimum Gasteiger partial charge on any atom is -0.348 e. The summed E-state index contributed by atoms with van der Waals surface area (Å²) in [5.41, 5.74) is 5.34. The largest absolute Gasteiger partial charge is 0.348 e. The number of carbonyl (C=O) groups excluding carboxylic acids is 2. The highest BCUT2D eigenvalue weighted by molar-refractivity contribution is 6.01. The van der Waals surface area contributed by atoms with Gasteiger partial charge in [0, 0.05) is 54.2 Å². The molecule has 1 unspecified atom stereocenters. The van der Waals surface area contributed by atoms with E-state index in [1.807, 2.05) is 30.0 Å². The van der Waals surface area contributed by atoms with Crippen molar-refractivity contribution in [3.05, 3.63) is 64.9 Å². The molecule has 1 aromatic heterocycles. The van der Waals surface area contributed by atoms with Crippen LogP contribution in [-0.2, 0) is 0 Å². The Morgan fingerprint density at radius 3 is 2.58 bits per heavy atom. The Morgan fingerprint density at radius 1 is 1.16 bits per heavy atom. The zero-order valence-corrected chi connectivity index (χ0v) is 18.1. The van der Waals surface area contributed by atoms with Gasteiger partial charge >= 0.3 is 0 Å². The van der Waals surface area contributed by atoms with Crippen molar-refractivity contribution in [2.24, 2.45) is 5.92 Å². The molecule has 2 heterocycles. The third-order valence-electron chi connectivity index (χ3n) is 5.80. The molecule has 1 aliphatic heterocycles. The number of hydrogen-bond donors (Lipinski definition) is 2. The van der Waals surface area contributed by atoms with Gasteiger partial charge in [-0.25, -0.2) is 0 Å². The van der Waals surface area contributed by atoms with E-state index in [0.29, 0.717) is 35.7 Å². The normalized spacial score (nSPS) is 17.3. The zero-order valence-electron chi connectivity index (χ0n) is 18.1. The summed E-state index contributed by atoms with van der Waals surface area (Å²) in [5, 5.41) is 10.6. The van der Waals surface area contributed by atoms with Crippen molar-refractivity contribution in [1.29, 1.82) is 5.41 Å². The van der Waals surface area contributed by atoms with E-state index in [2.05, 4.69) is 16.4 Å². The van der Waals surface area contributed by atoms with Gasteiger partial charge in [-0.15, -0.1) is 0 Å². The maximum absolute atomic E-state index is 13.0. The molecule has 4 rings (SSSR count). The van der Waals surface area contributed by atoms with E-state index in [1.54, 1.807) is 25.3 Å². The first kappa shape index (κ1) is 21.0. The van der Waals surface area contributed by atoms with Crippen LogP contribution in [0, 0.1) is 18.3 Å². The second kappa shape index (κ2) is 8.84. The Hall–Kier alpha value is -3.28. The molecule has 2 aromatic rings. The summed E-state index contributed by atoms with van der Waals surface area (Å²) < 4.78 is 0. The average Bonchev–Trinajstić information content (AvgIpc) is 3.24. The van der Waals surface area contributed by atoms with Gasteiger partial charge in [-0.3, -0.25) is 14.6 Å². The van der Waals surface area contributed by atoms with Crippen LogP contribution in [0.15, 0.2) is 48.2 Å². The fraction of sp³-hybridized carbons (Fsp3) is 0.360. The predicted molar refractivity (Wildman–Crippen MR) is 121 cm³/mol. The van der Waals surface area contributed by atoms with Gasteiger partial charge in [-0.1, -0.05) is 12.1 Å². The monoisotopic (exact) mass is 416 g/mol. The Morgan fingerprint density at radius 2 is 1.90 bits per heavy atom. The first-order valence-corrected chi connectivity index (χ1v) is 10.8. The van der Waals surface area contributed by atoms with Gasteiger partial charge in [0.2, 0.25) is 0 Å². The summed E-state index contributed by atoms with van der Waals surface area (Å²) in [5.74, 6) is 0.0580. The molecule has 6 nitrogen and oxygen atoms in total. The summed E-state index contributed by atoms with van der Waals surface area (Å²) in [4.78, 5) is 32.3. The van der Waals surface area contributed by atoms with Crippen LogP contribution in [0.2, 0.25) is 0 Å². The van der Waals surface area contributed by atoms with E-state index in [0.717, 1.165) is 48.3 Å². The summed E-state index contributed by atoms with van der Waals surface area (Å²) in [7, 11) is 0. The third-order valence-corrected chi connectivity index (χ3v) is 5.80. The number of carbonyl (C=O) groups is 2. The van der Waals surface area contributed by atoms with Gasteiger partial charge in [-0.05, 0) is 68.5 Å². The predicted octanol–water partition coefficient (Wildman–Crippen LogP) is 4.01. The molecule has 1 aliphatic carbocycles. The van der Waals surface area contributed by atoms with Crippen molar-refractivity contribution >= 4 is 17.5 Å². The molecule has 0 radical (unpaired) electrons. The molecule has 2 N–H and O–H groups in total. The molecular formula is C25H28N4O2. The number of nitrogens with one attached hydrogen (secondary N) is 2. The van der Waals surface area contributed by atoms with Crippen molar-refractivity contribution in [1.82, 2.24) is 15.2 Å². The fourth-order valence-corrected chi connectivity index (χ4v) is 3.98. The maximum Gasteiger partial charge on any atom is 0.253 e. The Balaban J connectivity index is 1.56. The lowest BCUT2D eigenvalue weighted by Crippen LogP contribution is -2.29. The highest BCUT2D eigenvalue weighted by Gasteiger charge is 2.26. The van der Waals surface area contributed by atoms with Crippen LogP contribution in [0.25, 0.3) is 11.3 Å². The number of aromatic nitrogens is 1. The number of pyridine rings is 1. The van der Waals surface area contributed by atoms with Crippen LogP contribution in [-0.4, -0.2) is 47.0 Å². The van der Waals surface area contributed by atoms with Crippen LogP contribution < -0.4 is 5.32 Å². The second-order valence-corrected chi connectivity index (χ2v) is 8.53. The topological polar surface area (TPSA) is 86.2 Å². The lowest BCUT2D eigenvalue weighted by molar-refractivity contribution is 0.0793. The van der Waals surface area contributed by atoms with Gasteiger partial charge in [0.15, 0.2) is 0 Å². The van der Waals surface area contributed by atoms with E-state index in [9.17, 15) is 9.59 Å². The van der Waals surface area contributed by atoms with Gasteiger partial charge < -0.3 is 15.6 Å². The number of allylic oxidation sites excluding steroid dienone is 1. The SMILES string of the molecule is CC(=N)CC1C=C1CNC(=O)c1cc(C(=O)N2CCCC2)cc(-c2ccc(C)cn2)c1. The van der Waals surface area contributed by atoms with Crippen molar-refractivity contribution in [3.8, 4) is 11.3 Å². The van der Waals surface area contributed by atoms with Gasteiger partial charge in [-0.2, -0.15) is 0 Å². The fourth-order valence-electron chi connectivity index (χ4n) is 3.98. The molecule has 1 saturated heterocycles. The Kier molecular flexibility index (Phi) is 5.98. The van der Waals surface area contributed by atoms with Crippen molar-refractivity contribution < 1.29 is 9.59 Å². The first-order valence-electron chi connectivity index (χ1n) is 10.8. The van der Waals surface area contributed by atoms with Crippen LogP contribution in [0.5, 0.6) is 0 Å². The molecular weight excluding hydrogens is 388 g/mol. The highest BCUT2D eigenvalue weighted by atomic mass is 16.2. The summed E-state index contributed by atoms with van der Waals surface area (Å²) in [6.07, 6.45) is 6.63. The second-order valence-electron chi connectivity index (χ2n) is 8.53. The maximum atomic E-state index is 13.0. The molecule has 6 heteroatoms. The van der Waals surface area contributed by atoms with Crippen molar-refractivity contribution in [3.63, 3.8) is 0 Å². The lowest BCUT2D eigenvalue weighted by atomic mass is 10.0. The molecule has 0 saturated carbocycles. The molecule has 0 spiro atoms. The smallest absolute Gasteiger partial charge is 0.253 e. The van der Waals surface area contributed by atoms with E-state index in [-0.39, 0.29) is 11.8 Å². The molecule has 1 aromatic carbocycles. The average molecular weight is 417 g/mol. The van der Waals surface area contributed by atoms with E-state index in [1.165, 1.54) is 0 Å². The molecule has 1 fully saturated rings. The van der Waals surface area contributed by atoms with E-state index < -0.39 is 0 Å². The van der Waals surface area contributed by atoms with Crippen LogP contribution in [0.3, 0.4) is 0 Å². The quantitative estimate of drug-likeness (QED) is 0.528. The number of aryl methyl sites for hydroxylation is 1. The number of hydrogen-bond acceptors (Lipinski definition) is 4. The van der Waals surface area contributed by atoms with Crippen LogP contribution in [0.1, 0.15) is 52.5 Å². The summed E-state index contributed by atoms with van der Waals surface area (Å²) in [6.45, 7) is 5.76. The van der Waals surface area contributed by atoms with E-state index >= 15 is 0 Å². The summed E-state index contributed by atoms with van der Waals surface area (Å²) >= 11 is 0. The van der Waals surface area contributed by atoms with Crippen molar-refractivity contribution in [2.75, 3.05) is 19.6 Å². The number of likely N-dealkylation sites (tertiary alicyclic amines) is 1. The summed E-state index contributed by atoms with van der Waals surface area (Å²) in [6, 6.07) is 9.21. The van der Waals surface area contributed by atoms with Gasteiger partial charge in [0.1, 0.15) is 0 Å². The highest BCUT2D eigenvalue weighted by Crippen LogP contribution is 2.31. The minimum absolute atomic E-state index is 0.0352. The Bertz CT molecular complexity index is 1050. The first-order chi connectivity index (χ1) is 14.9. The Labute approximate surface area is 182 Å². The van der Waals surface area contributed by atoms with Gasteiger partial charge in [0.05, 0.1) is 5.69 Å². The number of rotatable bonds is 7. The molecule has 2 amide bonds. The molecule has 2 aliphatic rings. The number of nitrogens with zero attached hydrogens (tertiary/aromatic N) is 2. The third kappa shape index (κ3) is 5.08. The zero-order chi connectivity index (χ0) is 22.0. The van der Waals surface area contributed by atoms with Crippen molar-refractivity contribution in [2.45, 2.75) is 33.1 Å². The number of amides is 2. The molecule has 160 valence electrons. The molecule has 0 bridgehead atoms. The van der Waals surface area contributed by atoms with Crippen LogP contribution >= 0.6 is 0 Å². The van der Waals surface area contributed by atoms with Gasteiger partial charge in [0.25, 0.3) is 11.8 Å². The minimum atomic E-state index is -0.206. The molecule has 31 heavy (non-hydrogen) atoms. The standard InChI is InChI=1S/C25H28N4O2/c1-16-5-6-23(27-14-16)19-11-20(13-21(12-19)25(31)29-7-3-4-8-29)24(30)28-15-22-10-18(22)9-17(2)26/h5-6,10-14,18,26H,3-4,7-9,15H2,1-2H3,(H,28,30). The molecule has 1 atom stereocenters. The van der Waals surface area contributed by atoms with Crippen LogP contribution in [0.4, 0.5) is 0 Å².